The summed E-state index contributed by atoms with van der Waals surface area (Å²) in [4.78, 5) is 24.9. The predicted molar refractivity (Wildman–Crippen MR) is 76.8 cm³/mol. The molecule has 1 saturated heterocycles. The highest BCUT2D eigenvalue weighted by Crippen LogP contribution is 2.18. The molecule has 1 aliphatic heterocycles. The highest BCUT2D eigenvalue weighted by Gasteiger charge is 2.31. The van der Waals surface area contributed by atoms with Crippen LogP contribution in [0, 0.1) is 13.8 Å². The van der Waals surface area contributed by atoms with Crippen LogP contribution >= 0.6 is 11.8 Å². The first-order chi connectivity index (χ1) is 9.49. The minimum Gasteiger partial charge on any atom is -0.480 e. The number of carbonyl (C=O) groups excluding carboxylic acids is 1. The van der Waals surface area contributed by atoms with Crippen molar-refractivity contribution in [1.29, 1.82) is 0 Å². The van der Waals surface area contributed by atoms with Gasteiger partial charge in [0.25, 0.3) is 0 Å². The Hall–Kier alpha value is -1.50. The fourth-order valence-electron chi connectivity index (χ4n) is 2.35. The van der Waals surface area contributed by atoms with Crippen molar-refractivity contribution in [3.63, 3.8) is 0 Å². The van der Waals surface area contributed by atoms with Gasteiger partial charge in [-0.15, -0.1) is 0 Å². The molecule has 1 atom stereocenters. The van der Waals surface area contributed by atoms with Gasteiger partial charge < -0.3 is 10.0 Å². The number of hydrogen-bond acceptors (Lipinski definition) is 4. The van der Waals surface area contributed by atoms with E-state index in [1.807, 2.05) is 19.9 Å². The molecule has 1 aliphatic rings. The zero-order chi connectivity index (χ0) is 14.7. The summed E-state index contributed by atoms with van der Waals surface area (Å²) in [6.45, 7) is 4.86. The lowest BCUT2D eigenvalue weighted by Gasteiger charge is -2.32. The molecular formula is C13H19N3O3S. The second-order valence-electron chi connectivity index (χ2n) is 4.92. The highest BCUT2D eigenvalue weighted by molar-refractivity contribution is 7.99. The fraction of sp³-hybridized carbons (Fsp3) is 0.615. The van der Waals surface area contributed by atoms with Gasteiger partial charge in [-0.1, -0.05) is 0 Å². The van der Waals surface area contributed by atoms with Crippen LogP contribution in [0.4, 0.5) is 0 Å². The Morgan fingerprint density at radius 3 is 2.85 bits per heavy atom. The summed E-state index contributed by atoms with van der Waals surface area (Å²) in [5.41, 5.74) is 1.94. The molecule has 0 aliphatic carbocycles. The van der Waals surface area contributed by atoms with Gasteiger partial charge in [0.05, 0.1) is 5.69 Å². The standard InChI is InChI=1S/C13H19N3O3S/c1-9-7-10(2)16(14-9)4-3-12(17)15-5-6-20-8-11(15)13(18)19/h7,11H,3-6,8H2,1-2H3,(H,18,19). The van der Waals surface area contributed by atoms with Gasteiger partial charge in [0.2, 0.25) is 5.91 Å². The van der Waals surface area contributed by atoms with E-state index in [0.29, 0.717) is 18.8 Å². The van der Waals surface area contributed by atoms with E-state index in [0.717, 1.165) is 17.1 Å². The van der Waals surface area contributed by atoms with Crippen LogP contribution in [0.15, 0.2) is 6.07 Å². The number of aliphatic carboxylic acids is 1. The Morgan fingerprint density at radius 2 is 2.25 bits per heavy atom. The third-order valence-electron chi connectivity index (χ3n) is 3.37. The van der Waals surface area contributed by atoms with E-state index in [-0.39, 0.29) is 12.3 Å². The molecule has 0 radical (unpaired) electrons. The van der Waals surface area contributed by atoms with E-state index in [2.05, 4.69) is 5.10 Å². The molecule has 6 nitrogen and oxygen atoms in total. The average molecular weight is 297 g/mol. The molecular weight excluding hydrogens is 278 g/mol. The Labute approximate surface area is 122 Å². The van der Waals surface area contributed by atoms with Gasteiger partial charge in [0.15, 0.2) is 0 Å². The number of carboxylic acid groups (broad SMARTS) is 1. The maximum Gasteiger partial charge on any atom is 0.327 e. The van der Waals surface area contributed by atoms with Gasteiger partial charge in [-0.25, -0.2) is 4.79 Å². The molecule has 1 aromatic rings. The predicted octanol–water partition coefficient (Wildman–Crippen LogP) is 0.919. The van der Waals surface area contributed by atoms with Crippen molar-refractivity contribution in [3.8, 4) is 0 Å². The molecule has 0 saturated carbocycles. The monoisotopic (exact) mass is 297 g/mol. The van der Waals surface area contributed by atoms with Crippen LogP contribution in [0.1, 0.15) is 17.8 Å². The lowest BCUT2D eigenvalue weighted by molar-refractivity contribution is -0.149. The third kappa shape index (κ3) is 3.33. The number of amides is 1. The molecule has 0 bridgehead atoms. The first-order valence-electron chi connectivity index (χ1n) is 6.60. The summed E-state index contributed by atoms with van der Waals surface area (Å²) in [6.07, 6.45) is 0.288. The van der Waals surface area contributed by atoms with Gasteiger partial charge in [0, 0.05) is 36.7 Å². The quantitative estimate of drug-likeness (QED) is 0.894. The van der Waals surface area contributed by atoms with E-state index < -0.39 is 12.0 Å². The van der Waals surface area contributed by atoms with E-state index in [1.54, 1.807) is 16.4 Å². The van der Waals surface area contributed by atoms with Crippen LogP contribution in [0.5, 0.6) is 0 Å². The van der Waals surface area contributed by atoms with Gasteiger partial charge in [0.1, 0.15) is 6.04 Å². The average Bonchev–Trinajstić information content (AvgIpc) is 2.74. The van der Waals surface area contributed by atoms with E-state index in [9.17, 15) is 9.59 Å². The smallest absolute Gasteiger partial charge is 0.327 e. The maximum absolute atomic E-state index is 12.2. The Bertz CT molecular complexity index is 515. The van der Waals surface area contributed by atoms with Gasteiger partial charge in [-0.3, -0.25) is 9.48 Å². The molecule has 20 heavy (non-hydrogen) atoms. The van der Waals surface area contributed by atoms with Crippen LogP contribution in [0.2, 0.25) is 0 Å². The lowest BCUT2D eigenvalue weighted by Crippen LogP contribution is -2.50. The minimum absolute atomic E-state index is 0.106. The van der Waals surface area contributed by atoms with E-state index in [1.165, 1.54) is 4.90 Å². The van der Waals surface area contributed by atoms with Crippen molar-refractivity contribution >= 4 is 23.6 Å². The normalized spacial score (nSPS) is 19.1. The van der Waals surface area contributed by atoms with Crippen molar-refractivity contribution in [3.05, 3.63) is 17.5 Å². The molecule has 110 valence electrons. The van der Waals surface area contributed by atoms with Crippen LogP contribution < -0.4 is 0 Å². The summed E-state index contributed by atoms with van der Waals surface area (Å²) < 4.78 is 1.79. The topological polar surface area (TPSA) is 75.4 Å². The second-order valence-corrected chi connectivity index (χ2v) is 6.07. The number of nitrogens with zero attached hydrogens (tertiary/aromatic N) is 3. The second kappa shape index (κ2) is 6.30. The van der Waals surface area contributed by atoms with Crippen LogP contribution in [0.3, 0.4) is 0 Å². The van der Waals surface area contributed by atoms with Crippen LogP contribution in [-0.2, 0) is 16.1 Å². The molecule has 1 N–H and O–H groups in total. The third-order valence-corrected chi connectivity index (χ3v) is 4.40. The summed E-state index contributed by atoms with van der Waals surface area (Å²) in [6, 6.07) is 1.27. The molecule has 7 heteroatoms. The van der Waals surface area contributed by atoms with Crippen LogP contribution in [0.25, 0.3) is 0 Å². The molecule has 2 rings (SSSR count). The number of thioether (sulfide) groups is 1. The Kier molecular flexibility index (Phi) is 4.69. The molecule has 0 spiro atoms. The zero-order valence-corrected chi connectivity index (χ0v) is 12.5. The lowest BCUT2D eigenvalue weighted by atomic mass is 10.2. The molecule has 1 amide bonds. The molecule has 2 heterocycles. The molecule has 0 aromatic carbocycles. The summed E-state index contributed by atoms with van der Waals surface area (Å²) in [7, 11) is 0. The highest BCUT2D eigenvalue weighted by atomic mass is 32.2. The Balaban J connectivity index is 1.96. The SMILES string of the molecule is Cc1cc(C)n(CCC(=O)N2CCSCC2C(=O)O)n1. The van der Waals surface area contributed by atoms with E-state index in [4.69, 9.17) is 5.11 Å². The number of carboxylic acids is 1. The van der Waals surface area contributed by atoms with Crippen molar-refractivity contribution < 1.29 is 14.7 Å². The van der Waals surface area contributed by atoms with Crippen molar-refractivity contribution in [2.75, 3.05) is 18.1 Å². The summed E-state index contributed by atoms with van der Waals surface area (Å²) in [5, 5.41) is 13.5. The molecule has 1 fully saturated rings. The van der Waals surface area contributed by atoms with Crippen molar-refractivity contribution in [2.45, 2.75) is 32.9 Å². The first kappa shape index (κ1) is 14.9. The zero-order valence-electron chi connectivity index (χ0n) is 11.7. The van der Waals surface area contributed by atoms with E-state index >= 15 is 0 Å². The largest absolute Gasteiger partial charge is 0.480 e. The Morgan fingerprint density at radius 1 is 1.50 bits per heavy atom. The number of aromatic nitrogens is 2. The fourth-order valence-corrected chi connectivity index (χ4v) is 3.39. The van der Waals surface area contributed by atoms with Crippen LogP contribution in [-0.4, -0.2) is 55.8 Å². The summed E-state index contributed by atoms with van der Waals surface area (Å²) in [5.74, 6) is 0.248. The number of aryl methyl sites for hydroxylation is 3. The minimum atomic E-state index is -0.920. The van der Waals surface area contributed by atoms with Crippen molar-refractivity contribution in [2.24, 2.45) is 0 Å². The number of rotatable bonds is 4. The van der Waals surface area contributed by atoms with Crippen molar-refractivity contribution in [1.82, 2.24) is 14.7 Å². The van der Waals surface area contributed by atoms with Gasteiger partial charge in [-0.2, -0.15) is 16.9 Å². The first-order valence-corrected chi connectivity index (χ1v) is 7.75. The van der Waals surface area contributed by atoms with Gasteiger partial charge >= 0.3 is 5.97 Å². The maximum atomic E-state index is 12.2. The number of hydrogen-bond donors (Lipinski definition) is 1. The summed E-state index contributed by atoms with van der Waals surface area (Å²) >= 11 is 1.58. The molecule has 1 unspecified atom stereocenters. The molecule has 1 aromatic heterocycles. The van der Waals surface area contributed by atoms with Gasteiger partial charge in [-0.05, 0) is 19.9 Å². The number of carbonyl (C=O) groups is 2.